The number of anilines is 1. The third-order valence-electron chi connectivity index (χ3n) is 4.49. The molecule has 2 aromatic rings. The molecule has 1 aliphatic heterocycles. The van der Waals surface area contributed by atoms with Crippen molar-refractivity contribution >= 4 is 23.2 Å². The largest absolute Gasteiger partial charge is 0.326 e. The van der Waals surface area contributed by atoms with Crippen LogP contribution in [0.4, 0.5) is 5.69 Å². The highest BCUT2D eigenvalue weighted by Crippen LogP contribution is 2.40. The second kappa shape index (κ2) is 6.49. The van der Waals surface area contributed by atoms with Crippen LogP contribution in [0.1, 0.15) is 43.8 Å². The Morgan fingerprint density at radius 3 is 3.00 bits per heavy atom. The molecule has 7 nitrogen and oxygen atoms in total. The third-order valence-corrected chi connectivity index (χ3v) is 4.81. The van der Waals surface area contributed by atoms with E-state index in [0.29, 0.717) is 28.7 Å². The van der Waals surface area contributed by atoms with Crippen molar-refractivity contribution in [3.63, 3.8) is 0 Å². The van der Waals surface area contributed by atoms with Crippen LogP contribution in [0.2, 0.25) is 5.02 Å². The summed E-state index contributed by atoms with van der Waals surface area (Å²) in [5, 5.41) is 18.8. The van der Waals surface area contributed by atoms with E-state index in [-0.39, 0.29) is 11.9 Å². The van der Waals surface area contributed by atoms with Crippen LogP contribution in [0.15, 0.2) is 18.2 Å². The molecule has 1 aliphatic carbocycles. The van der Waals surface area contributed by atoms with Crippen molar-refractivity contribution in [2.24, 2.45) is 0 Å². The number of hydrogen-bond donors (Lipinski definition) is 2. The van der Waals surface area contributed by atoms with E-state index in [1.165, 1.54) is 0 Å². The zero-order chi connectivity index (χ0) is 16.5. The number of halogens is 1. The number of nitrogens with zero attached hydrogens (tertiary/aromatic N) is 4. The van der Waals surface area contributed by atoms with Gasteiger partial charge in [0.1, 0.15) is 0 Å². The lowest BCUT2D eigenvalue weighted by Gasteiger charge is -2.12. The molecule has 2 N–H and O–H groups in total. The highest BCUT2D eigenvalue weighted by Gasteiger charge is 2.30. The first-order valence-corrected chi connectivity index (χ1v) is 8.70. The van der Waals surface area contributed by atoms with E-state index in [0.717, 1.165) is 38.1 Å². The predicted octanol–water partition coefficient (Wildman–Crippen LogP) is 2.27. The van der Waals surface area contributed by atoms with Gasteiger partial charge in [-0.1, -0.05) is 11.6 Å². The lowest BCUT2D eigenvalue weighted by atomic mass is 10.1. The van der Waals surface area contributed by atoms with Gasteiger partial charge in [0, 0.05) is 24.1 Å². The topological polar surface area (TPSA) is 84.7 Å². The Kier molecular flexibility index (Phi) is 4.20. The molecule has 1 aromatic heterocycles. The molecule has 0 spiro atoms. The summed E-state index contributed by atoms with van der Waals surface area (Å²) in [6, 6.07) is 5.66. The Hall–Kier alpha value is -1.99. The van der Waals surface area contributed by atoms with Gasteiger partial charge in [0.2, 0.25) is 5.91 Å². The lowest BCUT2D eigenvalue weighted by molar-refractivity contribution is -0.116. The van der Waals surface area contributed by atoms with Gasteiger partial charge in [0.15, 0.2) is 5.82 Å². The monoisotopic (exact) mass is 346 g/mol. The van der Waals surface area contributed by atoms with Gasteiger partial charge in [0.25, 0.3) is 0 Å². The van der Waals surface area contributed by atoms with E-state index >= 15 is 0 Å². The summed E-state index contributed by atoms with van der Waals surface area (Å²) in [5.41, 5.74) is 1.40. The quantitative estimate of drug-likeness (QED) is 0.867. The molecule has 0 radical (unpaired) electrons. The van der Waals surface area contributed by atoms with E-state index < -0.39 is 0 Å². The van der Waals surface area contributed by atoms with Crippen LogP contribution >= 0.6 is 11.6 Å². The van der Waals surface area contributed by atoms with E-state index in [1.807, 2.05) is 6.07 Å². The van der Waals surface area contributed by atoms with E-state index in [2.05, 4.69) is 26.2 Å². The van der Waals surface area contributed by atoms with Crippen molar-refractivity contribution in [2.75, 3.05) is 11.9 Å². The summed E-state index contributed by atoms with van der Waals surface area (Å²) in [6.07, 6.45) is 4.86. The lowest BCUT2D eigenvalue weighted by Crippen LogP contribution is -2.27. The number of hydrogen-bond acceptors (Lipinski definition) is 5. The molecule has 1 saturated heterocycles. The Labute approximate surface area is 144 Å². The van der Waals surface area contributed by atoms with Gasteiger partial charge in [-0.15, -0.1) is 5.10 Å². The zero-order valence-corrected chi connectivity index (χ0v) is 14.0. The van der Waals surface area contributed by atoms with Gasteiger partial charge < -0.3 is 10.6 Å². The minimum absolute atomic E-state index is 0.00167. The van der Waals surface area contributed by atoms with E-state index in [9.17, 15) is 4.79 Å². The van der Waals surface area contributed by atoms with Crippen LogP contribution in [-0.4, -0.2) is 38.7 Å². The van der Waals surface area contributed by atoms with E-state index in [1.54, 1.807) is 16.8 Å². The van der Waals surface area contributed by atoms with Gasteiger partial charge in [-0.25, -0.2) is 0 Å². The minimum Gasteiger partial charge on any atom is -0.326 e. The molecule has 1 saturated carbocycles. The first-order valence-electron chi connectivity index (χ1n) is 8.32. The second-order valence-electron chi connectivity index (χ2n) is 6.43. The molecule has 8 heteroatoms. The first-order chi connectivity index (χ1) is 11.7. The smallest absolute Gasteiger partial charge is 0.225 e. The van der Waals surface area contributed by atoms with Crippen molar-refractivity contribution in [3.05, 3.63) is 29.0 Å². The van der Waals surface area contributed by atoms with Crippen LogP contribution in [0, 0.1) is 0 Å². The normalized spacial score (nSPS) is 20.3. The molecule has 24 heavy (non-hydrogen) atoms. The van der Waals surface area contributed by atoms with Crippen molar-refractivity contribution < 1.29 is 4.79 Å². The fourth-order valence-corrected chi connectivity index (χ4v) is 3.28. The molecule has 1 unspecified atom stereocenters. The Morgan fingerprint density at radius 1 is 1.38 bits per heavy atom. The van der Waals surface area contributed by atoms with Gasteiger partial charge in [0.05, 0.1) is 10.7 Å². The molecule has 126 valence electrons. The van der Waals surface area contributed by atoms with Crippen molar-refractivity contribution in [1.82, 2.24) is 25.5 Å². The summed E-state index contributed by atoms with van der Waals surface area (Å²) in [4.78, 5) is 12.2. The average Bonchev–Trinajstić information content (AvgIpc) is 3.07. The number of aromatic nitrogens is 4. The first kappa shape index (κ1) is 15.5. The molecule has 1 amide bonds. The predicted molar refractivity (Wildman–Crippen MR) is 90.4 cm³/mol. The zero-order valence-electron chi connectivity index (χ0n) is 13.2. The number of amides is 1. The third kappa shape index (κ3) is 3.27. The Morgan fingerprint density at radius 2 is 2.25 bits per heavy atom. The average molecular weight is 347 g/mol. The molecule has 2 heterocycles. The SMILES string of the molecule is O=C(CC1CCCN1)Nc1ccc(Cl)c(-n2nnnc2C2CC2)c1. The highest BCUT2D eigenvalue weighted by atomic mass is 35.5. The molecule has 4 rings (SSSR count). The van der Waals surface area contributed by atoms with Crippen LogP contribution in [0.5, 0.6) is 0 Å². The number of carbonyl (C=O) groups is 1. The van der Waals surface area contributed by atoms with E-state index in [4.69, 9.17) is 11.6 Å². The highest BCUT2D eigenvalue weighted by molar-refractivity contribution is 6.32. The van der Waals surface area contributed by atoms with Crippen LogP contribution in [0.25, 0.3) is 5.69 Å². The second-order valence-corrected chi connectivity index (χ2v) is 6.84. The fourth-order valence-electron chi connectivity index (χ4n) is 3.08. The standard InChI is InChI=1S/C16H19ClN6O/c17-13-6-5-12(19-15(24)9-11-2-1-7-18-11)8-14(13)23-16(10-3-4-10)20-21-22-23/h5-6,8,10-11,18H,1-4,7,9H2,(H,19,24). The van der Waals surface area contributed by atoms with Gasteiger partial charge in [-0.2, -0.15) is 4.68 Å². The maximum Gasteiger partial charge on any atom is 0.225 e. The molecule has 0 bridgehead atoms. The molecule has 2 aliphatic rings. The van der Waals surface area contributed by atoms with Crippen LogP contribution < -0.4 is 10.6 Å². The van der Waals surface area contributed by atoms with Crippen LogP contribution in [-0.2, 0) is 4.79 Å². The number of benzene rings is 1. The van der Waals surface area contributed by atoms with Crippen molar-refractivity contribution in [2.45, 2.75) is 44.1 Å². The molecular weight excluding hydrogens is 328 g/mol. The maximum absolute atomic E-state index is 12.2. The summed E-state index contributed by atoms with van der Waals surface area (Å²) in [7, 11) is 0. The summed E-state index contributed by atoms with van der Waals surface area (Å²) < 4.78 is 1.67. The van der Waals surface area contributed by atoms with Gasteiger partial charge in [-0.3, -0.25) is 4.79 Å². The Bertz CT molecular complexity index is 751. The summed E-state index contributed by atoms with van der Waals surface area (Å²) in [5.74, 6) is 1.24. The number of nitrogens with one attached hydrogen (secondary N) is 2. The van der Waals surface area contributed by atoms with Crippen molar-refractivity contribution in [1.29, 1.82) is 0 Å². The van der Waals surface area contributed by atoms with Gasteiger partial charge in [-0.05, 0) is 60.9 Å². The molecule has 1 aromatic carbocycles. The Balaban J connectivity index is 1.52. The number of carbonyl (C=O) groups excluding carboxylic acids is 1. The fraction of sp³-hybridized carbons (Fsp3) is 0.500. The number of rotatable bonds is 5. The molecular formula is C16H19ClN6O. The van der Waals surface area contributed by atoms with Gasteiger partial charge >= 0.3 is 0 Å². The van der Waals surface area contributed by atoms with Crippen molar-refractivity contribution in [3.8, 4) is 5.69 Å². The summed E-state index contributed by atoms with van der Waals surface area (Å²) >= 11 is 6.32. The summed E-state index contributed by atoms with van der Waals surface area (Å²) in [6.45, 7) is 0.992. The number of tetrazole rings is 1. The minimum atomic E-state index is 0.00167. The molecule has 2 fully saturated rings. The van der Waals surface area contributed by atoms with Crippen LogP contribution in [0.3, 0.4) is 0 Å². The maximum atomic E-state index is 12.2. The molecule has 1 atom stereocenters.